The Morgan fingerprint density at radius 3 is 2.35 bits per heavy atom. The molecule has 0 radical (unpaired) electrons. The predicted molar refractivity (Wildman–Crippen MR) is 68.5 cm³/mol. The van der Waals surface area contributed by atoms with Gasteiger partial charge >= 0.3 is 0 Å². The van der Waals surface area contributed by atoms with Gasteiger partial charge in [-0.3, -0.25) is 4.79 Å². The van der Waals surface area contributed by atoms with Gasteiger partial charge in [-0.25, -0.2) is 4.39 Å². The van der Waals surface area contributed by atoms with E-state index < -0.39 is 0 Å². The van der Waals surface area contributed by atoms with Gasteiger partial charge in [0.1, 0.15) is 5.82 Å². The predicted octanol–water partition coefficient (Wildman–Crippen LogP) is 3.61. The number of nitrogens with zero attached hydrogens (tertiary/aromatic N) is 1. The summed E-state index contributed by atoms with van der Waals surface area (Å²) in [6, 6.07) is 6.06. The summed E-state index contributed by atoms with van der Waals surface area (Å²) in [6.45, 7) is 6.74. The number of carbonyl (C=O) groups is 1. The smallest absolute Gasteiger partial charge is 0.226 e. The van der Waals surface area contributed by atoms with E-state index in [1.807, 2.05) is 6.92 Å². The zero-order valence-corrected chi connectivity index (χ0v) is 10.7. The second-order valence-electron chi connectivity index (χ2n) is 4.55. The summed E-state index contributed by atoms with van der Waals surface area (Å²) in [5.41, 5.74) is 0.766. The topological polar surface area (TPSA) is 20.3 Å². The zero-order chi connectivity index (χ0) is 12.8. The first-order valence-electron chi connectivity index (χ1n) is 6.10. The van der Waals surface area contributed by atoms with Crippen LogP contribution in [-0.2, 0) is 4.79 Å². The maximum atomic E-state index is 12.8. The molecule has 1 rings (SSSR count). The minimum Gasteiger partial charge on any atom is -0.313 e. The van der Waals surface area contributed by atoms with Gasteiger partial charge in [0.25, 0.3) is 0 Å². The van der Waals surface area contributed by atoms with Crippen molar-refractivity contribution >= 4 is 11.6 Å². The second kappa shape index (κ2) is 6.38. The molecule has 3 heteroatoms. The van der Waals surface area contributed by atoms with Crippen LogP contribution < -0.4 is 4.90 Å². The number of hydrogen-bond acceptors (Lipinski definition) is 1. The van der Waals surface area contributed by atoms with Crippen molar-refractivity contribution in [1.29, 1.82) is 0 Å². The molecule has 0 N–H and O–H groups in total. The van der Waals surface area contributed by atoms with Crippen LogP contribution in [0.3, 0.4) is 0 Å². The lowest BCUT2D eigenvalue weighted by Gasteiger charge is -2.21. The van der Waals surface area contributed by atoms with Crippen LogP contribution in [0.5, 0.6) is 0 Å². The summed E-state index contributed by atoms with van der Waals surface area (Å²) in [5, 5.41) is 0. The lowest BCUT2D eigenvalue weighted by Crippen LogP contribution is -2.30. The Kier molecular flexibility index (Phi) is 5.13. The minimum absolute atomic E-state index is 0.104. The Hall–Kier alpha value is -1.38. The van der Waals surface area contributed by atoms with Crippen molar-refractivity contribution < 1.29 is 9.18 Å². The lowest BCUT2D eigenvalue weighted by atomic mass is 10.1. The molecule has 0 aliphatic rings. The number of amides is 1. The number of carbonyl (C=O) groups excluding carboxylic acids is 1. The summed E-state index contributed by atoms with van der Waals surface area (Å²) in [7, 11) is 0. The van der Waals surface area contributed by atoms with Crippen molar-refractivity contribution in [1.82, 2.24) is 0 Å². The van der Waals surface area contributed by atoms with E-state index in [1.165, 1.54) is 12.1 Å². The van der Waals surface area contributed by atoms with E-state index in [9.17, 15) is 9.18 Å². The maximum Gasteiger partial charge on any atom is 0.226 e. The third-order valence-corrected chi connectivity index (χ3v) is 2.69. The molecule has 0 atom stereocenters. The third-order valence-electron chi connectivity index (χ3n) is 2.69. The first-order valence-corrected chi connectivity index (χ1v) is 6.10. The van der Waals surface area contributed by atoms with Crippen LogP contribution in [0.15, 0.2) is 24.3 Å². The number of anilines is 1. The Morgan fingerprint density at radius 2 is 1.88 bits per heavy atom. The fraction of sp³-hybridized carbons (Fsp3) is 0.500. The first kappa shape index (κ1) is 13.7. The molecule has 17 heavy (non-hydrogen) atoms. The largest absolute Gasteiger partial charge is 0.313 e. The second-order valence-corrected chi connectivity index (χ2v) is 4.55. The quantitative estimate of drug-likeness (QED) is 0.766. The van der Waals surface area contributed by atoms with Gasteiger partial charge < -0.3 is 4.90 Å². The highest BCUT2D eigenvalue weighted by Gasteiger charge is 2.13. The van der Waals surface area contributed by atoms with Crippen LogP contribution in [0, 0.1) is 11.7 Å². The molecule has 0 saturated carbocycles. The Balaban J connectivity index is 2.70. The minimum atomic E-state index is -0.278. The molecule has 0 aromatic heterocycles. The average molecular weight is 237 g/mol. The fourth-order valence-corrected chi connectivity index (χ4v) is 1.67. The van der Waals surface area contributed by atoms with Gasteiger partial charge in [-0.2, -0.15) is 0 Å². The van der Waals surface area contributed by atoms with Gasteiger partial charge in [0.05, 0.1) is 0 Å². The van der Waals surface area contributed by atoms with E-state index in [2.05, 4.69) is 13.8 Å². The van der Waals surface area contributed by atoms with E-state index in [4.69, 9.17) is 0 Å². The lowest BCUT2D eigenvalue weighted by molar-refractivity contribution is -0.118. The highest BCUT2D eigenvalue weighted by molar-refractivity contribution is 5.93. The van der Waals surface area contributed by atoms with Gasteiger partial charge in [0.15, 0.2) is 0 Å². The van der Waals surface area contributed by atoms with Crippen LogP contribution >= 0.6 is 0 Å². The van der Waals surface area contributed by atoms with E-state index in [0.29, 0.717) is 18.9 Å². The van der Waals surface area contributed by atoms with Gasteiger partial charge in [-0.15, -0.1) is 0 Å². The van der Waals surface area contributed by atoms with Gasteiger partial charge in [-0.05, 0) is 43.5 Å². The van der Waals surface area contributed by atoms with Gasteiger partial charge in [-0.1, -0.05) is 13.8 Å². The highest BCUT2D eigenvalue weighted by atomic mass is 19.1. The molecule has 1 aromatic carbocycles. The van der Waals surface area contributed by atoms with Crippen molar-refractivity contribution in [3.05, 3.63) is 30.1 Å². The molecule has 0 spiro atoms. The number of halogens is 1. The van der Waals surface area contributed by atoms with Gasteiger partial charge in [0.2, 0.25) is 5.91 Å². The Bertz CT molecular complexity index is 359. The summed E-state index contributed by atoms with van der Waals surface area (Å²) >= 11 is 0. The molecule has 0 aliphatic heterocycles. The molecule has 0 saturated heterocycles. The molecule has 0 bridgehead atoms. The number of rotatable bonds is 5. The molecular formula is C14H20FNO. The Morgan fingerprint density at radius 1 is 1.29 bits per heavy atom. The summed E-state index contributed by atoms with van der Waals surface area (Å²) in [4.78, 5) is 13.7. The van der Waals surface area contributed by atoms with E-state index in [-0.39, 0.29) is 11.7 Å². The molecule has 0 heterocycles. The van der Waals surface area contributed by atoms with Crippen LogP contribution in [0.2, 0.25) is 0 Å². The summed E-state index contributed by atoms with van der Waals surface area (Å²) in [5.74, 6) is 0.345. The summed E-state index contributed by atoms with van der Waals surface area (Å²) < 4.78 is 12.8. The Labute approximate surface area is 102 Å². The molecule has 0 fully saturated rings. The normalized spacial score (nSPS) is 10.6. The standard InChI is InChI=1S/C14H20FNO/c1-4-16(14(17)10-5-11(2)3)13-8-6-12(15)7-9-13/h6-9,11H,4-5,10H2,1-3H3. The van der Waals surface area contributed by atoms with Crippen molar-refractivity contribution in [2.24, 2.45) is 5.92 Å². The number of benzene rings is 1. The van der Waals surface area contributed by atoms with Crippen LogP contribution in [0.4, 0.5) is 10.1 Å². The molecule has 1 amide bonds. The third kappa shape index (κ3) is 4.17. The first-order chi connectivity index (χ1) is 8.04. The maximum absolute atomic E-state index is 12.8. The molecule has 0 aliphatic carbocycles. The molecule has 2 nitrogen and oxygen atoms in total. The van der Waals surface area contributed by atoms with Crippen LogP contribution in [0.25, 0.3) is 0 Å². The molecule has 94 valence electrons. The monoisotopic (exact) mass is 237 g/mol. The SMILES string of the molecule is CCN(C(=O)CCC(C)C)c1ccc(F)cc1. The molecular weight excluding hydrogens is 217 g/mol. The van der Waals surface area contributed by atoms with Crippen molar-refractivity contribution in [2.75, 3.05) is 11.4 Å². The van der Waals surface area contributed by atoms with E-state index in [0.717, 1.165) is 12.1 Å². The summed E-state index contributed by atoms with van der Waals surface area (Å²) in [6.07, 6.45) is 1.43. The van der Waals surface area contributed by atoms with Crippen LogP contribution in [-0.4, -0.2) is 12.5 Å². The fourth-order valence-electron chi connectivity index (χ4n) is 1.67. The average Bonchev–Trinajstić information content (AvgIpc) is 2.30. The molecule has 1 aromatic rings. The van der Waals surface area contributed by atoms with Crippen LogP contribution in [0.1, 0.15) is 33.6 Å². The van der Waals surface area contributed by atoms with Gasteiger partial charge in [0, 0.05) is 18.7 Å². The number of hydrogen-bond donors (Lipinski definition) is 0. The van der Waals surface area contributed by atoms with Crippen molar-refractivity contribution in [3.8, 4) is 0 Å². The van der Waals surface area contributed by atoms with Crippen molar-refractivity contribution in [2.45, 2.75) is 33.6 Å². The van der Waals surface area contributed by atoms with Crippen molar-refractivity contribution in [3.63, 3.8) is 0 Å². The van der Waals surface area contributed by atoms with E-state index >= 15 is 0 Å². The molecule has 0 unspecified atom stereocenters. The van der Waals surface area contributed by atoms with E-state index in [1.54, 1.807) is 17.0 Å². The zero-order valence-electron chi connectivity index (χ0n) is 10.7. The highest BCUT2D eigenvalue weighted by Crippen LogP contribution is 2.17.